The van der Waals surface area contributed by atoms with Gasteiger partial charge >= 0.3 is 0 Å². The lowest BCUT2D eigenvalue weighted by Crippen LogP contribution is -2.41. The van der Waals surface area contributed by atoms with Crippen LogP contribution < -0.4 is 5.73 Å². The highest BCUT2D eigenvalue weighted by atomic mass is 16.3. The first-order chi connectivity index (χ1) is 4.04. The average molecular weight is 132 g/mol. The summed E-state index contributed by atoms with van der Waals surface area (Å²) in [6.07, 6.45) is -0.410. The maximum absolute atomic E-state index is 8.92. The molecule has 0 fully saturated rings. The van der Waals surface area contributed by atoms with Crippen LogP contribution >= 0.6 is 0 Å². The number of hydrogen-bond acceptors (Lipinski definition) is 3. The molecule has 0 aliphatic heterocycles. The van der Waals surface area contributed by atoms with Gasteiger partial charge in [-0.3, -0.25) is 0 Å². The molecule has 0 aromatic rings. The Kier molecular flexibility index (Phi) is 3.77. The minimum Gasteiger partial charge on any atom is -0.392 e. The Morgan fingerprint density at radius 2 is 2.00 bits per heavy atom. The molecule has 0 heterocycles. The Balaban J connectivity index is 3.38. The standard InChI is InChI=1S/C6H16N2O/c1-5(9)6(7)4-8(2)3/h5-6,9H,4,7H2,1-3H3/t5-,6-/m0/s1. The maximum atomic E-state index is 8.92. The monoisotopic (exact) mass is 132 g/mol. The molecule has 56 valence electrons. The highest BCUT2D eigenvalue weighted by Crippen LogP contribution is 1.88. The molecule has 0 amide bonds. The van der Waals surface area contributed by atoms with Crippen LogP contribution in [0.1, 0.15) is 6.92 Å². The van der Waals surface area contributed by atoms with Crippen molar-refractivity contribution in [3.8, 4) is 0 Å². The Bertz CT molecular complexity index is 73.5. The lowest BCUT2D eigenvalue weighted by Gasteiger charge is -2.18. The number of aliphatic hydroxyl groups is 1. The van der Waals surface area contributed by atoms with E-state index >= 15 is 0 Å². The van der Waals surface area contributed by atoms with Crippen molar-refractivity contribution in [3.63, 3.8) is 0 Å². The van der Waals surface area contributed by atoms with Crippen LogP contribution in [0.3, 0.4) is 0 Å². The molecule has 0 aromatic carbocycles. The van der Waals surface area contributed by atoms with Gasteiger partial charge in [-0.15, -0.1) is 0 Å². The number of nitrogens with zero attached hydrogens (tertiary/aromatic N) is 1. The SMILES string of the molecule is C[C@H](O)[C@@H](N)CN(C)C. The molecule has 0 aliphatic rings. The molecular weight excluding hydrogens is 116 g/mol. The predicted molar refractivity (Wildman–Crippen MR) is 38.2 cm³/mol. The molecule has 0 aromatic heterocycles. The highest BCUT2D eigenvalue weighted by Gasteiger charge is 2.08. The largest absolute Gasteiger partial charge is 0.392 e. The lowest BCUT2D eigenvalue weighted by atomic mass is 10.2. The summed E-state index contributed by atoms with van der Waals surface area (Å²) in [5.41, 5.74) is 5.53. The Morgan fingerprint density at radius 1 is 1.56 bits per heavy atom. The summed E-state index contributed by atoms with van der Waals surface area (Å²) >= 11 is 0. The highest BCUT2D eigenvalue weighted by molar-refractivity contribution is 4.69. The van der Waals surface area contributed by atoms with Crippen molar-refractivity contribution in [2.24, 2.45) is 5.73 Å². The zero-order valence-corrected chi connectivity index (χ0v) is 6.33. The smallest absolute Gasteiger partial charge is 0.0675 e. The van der Waals surface area contributed by atoms with E-state index in [1.54, 1.807) is 6.92 Å². The third-order valence-electron chi connectivity index (χ3n) is 1.20. The van der Waals surface area contributed by atoms with Crippen LogP contribution in [0, 0.1) is 0 Å². The third kappa shape index (κ3) is 4.39. The van der Waals surface area contributed by atoms with E-state index in [-0.39, 0.29) is 6.04 Å². The van der Waals surface area contributed by atoms with Crippen molar-refractivity contribution in [1.29, 1.82) is 0 Å². The van der Waals surface area contributed by atoms with Gasteiger partial charge in [0.1, 0.15) is 0 Å². The molecule has 0 rings (SSSR count). The second-order valence-electron chi connectivity index (χ2n) is 2.67. The molecule has 0 radical (unpaired) electrons. The number of rotatable bonds is 3. The second kappa shape index (κ2) is 3.82. The van der Waals surface area contributed by atoms with Crippen LogP contribution in [-0.2, 0) is 0 Å². The van der Waals surface area contributed by atoms with Gasteiger partial charge in [0.05, 0.1) is 6.10 Å². The molecule has 0 unspecified atom stereocenters. The Morgan fingerprint density at radius 3 is 2.11 bits per heavy atom. The molecule has 0 saturated heterocycles. The summed E-state index contributed by atoms with van der Waals surface area (Å²) < 4.78 is 0. The molecule has 3 heteroatoms. The summed E-state index contributed by atoms with van der Waals surface area (Å²) in [7, 11) is 3.87. The lowest BCUT2D eigenvalue weighted by molar-refractivity contribution is 0.147. The minimum atomic E-state index is -0.410. The van der Waals surface area contributed by atoms with E-state index in [9.17, 15) is 0 Å². The molecular formula is C6H16N2O. The van der Waals surface area contributed by atoms with E-state index in [0.29, 0.717) is 0 Å². The number of nitrogens with two attached hydrogens (primary N) is 1. The van der Waals surface area contributed by atoms with Gasteiger partial charge in [0.15, 0.2) is 0 Å². The topological polar surface area (TPSA) is 49.5 Å². The molecule has 0 spiro atoms. The van der Waals surface area contributed by atoms with Crippen molar-refractivity contribution >= 4 is 0 Å². The van der Waals surface area contributed by atoms with Crippen molar-refractivity contribution < 1.29 is 5.11 Å². The van der Waals surface area contributed by atoms with Crippen molar-refractivity contribution in [3.05, 3.63) is 0 Å². The molecule has 2 atom stereocenters. The first-order valence-corrected chi connectivity index (χ1v) is 3.12. The van der Waals surface area contributed by atoms with Crippen LogP contribution in [0.5, 0.6) is 0 Å². The minimum absolute atomic E-state index is 0.125. The zero-order valence-electron chi connectivity index (χ0n) is 6.33. The summed E-state index contributed by atoms with van der Waals surface area (Å²) in [5.74, 6) is 0. The molecule has 0 bridgehead atoms. The first-order valence-electron chi connectivity index (χ1n) is 3.12. The second-order valence-corrected chi connectivity index (χ2v) is 2.67. The van der Waals surface area contributed by atoms with E-state index in [0.717, 1.165) is 6.54 Å². The number of aliphatic hydroxyl groups excluding tert-OH is 1. The maximum Gasteiger partial charge on any atom is 0.0675 e. The molecule has 9 heavy (non-hydrogen) atoms. The van der Waals surface area contributed by atoms with E-state index in [2.05, 4.69) is 0 Å². The van der Waals surface area contributed by atoms with E-state index in [1.165, 1.54) is 0 Å². The van der Waals surface area contributed by atoms with Crippen molar-refractivity contribution in [2.75, 3.05) is 20.6 Å². The zero-order chi connectivity index (χ0) is 7.44. The fraction of sp³-hybridized carbons (Fsp3) is 1.00. The van der Waals surface area contributed by atoms with Gasteiger partial charge in [0.2, 0.25) is 0 Å². The predicted octanol–water partition coefficient (Wildman–Crippen LogP) is -0.744. The number of likely N-dealkylation sites (N-methyl/N-ethyl adjacent to an activating group) is 1. The first kappa shape index (κ1) is 8.88. The van der Waals surface area contributed by atoms with Crippen LogP contribution in [0.15, 0.2) is 0 Å². The quantitative estimate of drug-likeness (QED) is 0.531. The summed E-state index contributed by atoms with van der Waals surface area (Å²) in [6, 6.07) is -0.125. The van der Waals surface area contributed by atoms with Gasteiger partial charge in [-0.05, 0) is 21.0 Å². The Labute approximate surface area is 56.5 Å². The Hall–Kier alpha value is -0.120. The normalized spacial score (nSPS) is 18.0. The van der Waals surface area contributed by atoms with Gasteiger partial charge in [0, 0.05) is 12.6 Å². The van der Waals surface area contributed by atoms with Gasteiger partial charge in [-0.1, -0.05) is 0 Å². The summed E-state index contributed by atoms with van der Waals surface area (Å²) in [4.78, 5) is 1.96. The summed E-state index contributed by atoms with van der Waals surface area (Å²) in [5, 5.41) is 8.92. The van der Waals surface area contributed by atoms with Gasteiger partial charge < -0.3 is 15.7 Å². The number of hydrogen-bond donors (Lipinski definition) is 2. The van der Waals surface area contributed by atoms with E-state index in [4.69, 9.17) is 10.8 Å². The molecule has 3 nitrogen and oxygen atoms in total. The average Bonchev–Trinajstić information content (AvgIpc) is 1.63. The fourth-order valence-electron chi connectivity index (χ4n) is 0.574. The molecule has 3 N–H and O–H groups in total. The van der Waals surface area contributed by atoms with E-state index in [1.807, 2.05) is 19.0 Å². The van der Waals surface area contributed by atoms with Crippen LogP contribution in [0.25, 0.3) is 0 Å². The van der Waals surface area contributed by atoms with Crippen molar-refractivity contribution in [1.82, 2.24) is 4.90 Å². The van der Waals surface area contributed by atoms with Crippen LogP contribution in [-0.4, -0.2) is 42.8 Å². The third-order valence-corrected chi connectivity index (χ3v) is 1.20. The van der Waals surface area contributed by atoms with Crippen LogP contribution in [0.2, 0.25) is 0 Å². The van der Waals surface area contributed by atoms with Gasteiger partial charge in [-0.25, -0.2) is 0 Å². The van der Waals surface area contributed by atoms with E-state index < -0.39 is 6.10 Å². The van der Waals surface area contributed by atoms with Gasteiger partial charge in [0.25, 0.3) is 0 Å². The van der Waals surface area contributed by atoms with Gasteiger partial charge in [-0.2, -0.15) is 0 Å². The fourth-order valence-corrected chi connectivity index (χ4v) is 0.574. The van der Waals surface area contributed by atoms with Crippen LogP contribution in [0.4, 0.5) is 0 Å². The molecule has 0 aliphatic carbocycles. The molecule has 0 saturated carbocycles. The van der Waals surface area contributed by atoms with Crippen molar-refractivity contribution in [2.45, 2.75) is 19.1 Å². The summed E-state index contributed by atoms with van der Waals surface area (Å²) in [6.45, 7) is 2.44.